The summed E-state index contributed by atoms with van der Waals surface area (Å²) in [5.41, 5.74) is 0. The molecule has 5 heteroatoms. The number of rotatable bonds is 2. The van der Waals surface area contributed by atoms with E-state index in [4.69, 9.17) is 14.2 Å². The highest BCUT2D eigenvalue weighted by molar-refractivity contribution is 4.95. The van der Waals surface area contributed by atoms with E-state index in [1.807, 2.05) is 13.8 Å². The minimum Gasteiger partial charge on any atom is -0.387 e. The molecule has 120 valence electrons. The molecule has 5 rings (SSSR count). The maximum absolute atomic E-state index is 10.5. The smallest absolute Gasteiger partial charge is 0.190 e. The summed E-state index contributed by atoms with van der Waals surface area (Å²) in [5.74, 6) is 1.03. The highest BCUT2D eigenvalue weighted by Gasteiger charge is 2.54. The molecule has 4 aliphatic heterocycles. The molecular formula is C16H27NO4. The molecule has 0 radical (unpaired) electrons. The molecule has 0 aromatic rings. The fourth-order valence-corrected chi connectivity index (χ4v) is 4.51. The molecule has 0 spiro atoms. The van der Waals surface area contributed by atoms with Crippen LogP contribution in [0.3, 0.4) is 0 Å². The fourth-order valence-electron chi connectivity index (χ4n) is 4.51. The Hall–Kier alpha value is -0.200. The third-order valence-corrected chi connectivity index (χ3v) is 5.55. The Labute approximate surface area is 126 Å². The van der Waals surface area contributed by atoms with Gasteiger partial charge in [0.15, 0.2) is 12.1 Å². The summed E-state index contributed by atoms with van der Waals surface area (Å²) in [6.07, 6.45) is 3.98. The summed E-state index contributed by atoms with van der Waals surface area (Å²) < 4.78 is 17.4. The van der Waals surface area contributed by atoms with Gasteiger partial charge in [0.1, 0.15) is 18.3 Å². The topological polar surface area (TPSA) is 51.2 Å². The third kappa shape index (κ3) is 2.75. The van der Waals surface area contributed by atoms with E-state index < -0.39 is 18.2 Å². The molecule has 1 N–H and O–H groups in total. The van der Waals surface area contributed by atoms with Crippen LogP contribution in [0.2, 0.25) is 0 Å². The molecule has 4 heterocycles. The van der Waals surface area contributed by atoms with Gasteiger partial charge in [-0.2, -0.15) is 0 Å². The molecule has 21 heavy (non-hydrogen) atoms. The van der Waals surface area contributed by atoms with E-state index in [2.05, 4.69) is 4.90 Å². The van der Waals surface area contributed by atoms with E-state index in [-0.39, 0.29) is 12.2 Å². The molecule has 0 amide bonds. The Morgan fingerprint density at radius 3 is 2.24 bits per heavy atom. The predicted molar refractivity (Wildman–Crippen MR) is 76.6 cm³/mol. The standard InChI is InChI=1S/C16H27NO4/c1-16(2)20-14-13(18)12(19-15(14)21-16)9-17-7-10-3-4-11(8-17)6-5-10/h10-15,18H,3-9H2,1-2H3/t10?,11?,12-,13+,14-,15-/m1/s1. The second-order valence-corrected chi connectivity index (χ2v) is 7.74. The van der Waals surface area contributed by atoms with Crippen molar-refractivity contribution in [1.29, 1.82) is 0 Å². The molecule has 0 unspecified atom stereocenters. The van der Waals surface area contributed by atoms with Gasteiger partial charge in [-0.3, -0.25) is 0 Å². The van der Waals surface area contributed by atoms with Crippen molar-refractivity contribution in [3.63, 3.8) is 0 Å². The summed E-state index contributed by atoms with van der Waals surface area (Å²) in [7, 11) is 0. The van der Waals surface area contributed by atoms with E-state index in [1.165, 1.54) is 25.7 Å². The summed E-state index contributed by atoms with van der Waals surface area (Å²) in [5, 5.41) is 10.5. The molecule has 5 aliphatic rings. The van der Waals surface area contributed by atoms with Gasteiger partial charge in [-0.15, -0.1) is 0 Å². The quantitative estimate of drug-likeness (QED) is 0.834. The van der Waals surface area contributed by atoms with Crippen molar-refractivity contribution < 1.29 is 19.3 Å². The van der Waals surface area contributed by atoms with E-state index >= 15 is 0 Å². The lowest BCUT2D eigenvalue weighted by molar-refractivity contribution is -0.216. The SMILES string of the molecule is CC1(C)O[C@H]2O[C@H](CN3CC4CCC(CC4)C3)[C@H](O)[C@H]2O1. The summed E-state index contributed by atoms with van der Waals surface area (Å²) >= 11 is 0. The minimum absolute atomic E-state index is 0.186. The van der Waals surface area contributed by atoms with Gasteiger partial charge in [0.2, 0.25) is 0 Å². The van der Waals surface area contributed by atoms with Gasteiger partial charge < -0.3 is 24.2 Å². The largest absolute Gasteiger partial charge is 0.387 e. The molecular weight excluding hydrogens is 270 g/mol. The van der Waals surface area contributed by atoms with Crippen molar-refractivity contribution in [2.24, 2.45) is 11.8 Å². The van der Waals surface area contributed by atoms with Crippen molar-refractivity contribution in [1.82, 2.24) is 4.90 Å². The molecule has 4 saturated heterocycles. The van der Waals surface area contributed by atoms with Crippen LogP contribution in [-0.4, -0.2) is 60.0 Å². The van der Waals surface area contributed by atoms with Crippen LogP contribution >= 0.6 is 0 Å². The summed E-state index contributed by atoms with van der Waals surface area (Å²) in [4.78, 5) is 2.50. The molecule has 2 bridgehead atoms. The Morgan fingerprint density at radius 1 is 1.05 bits per heavy atom. The molecule has 4 atom stereocenters. The van der Waals surface area contributed by atoms with Gasteiger partial charge >= 0.3 is 0 Å². The van der Waals surface area contributed by atoms with Crippen LogP contribution in [0, 0.1) is 11.8 Å². The first kappa shape index (κ1) is 14.4. The van der Waals surface area contributed by atoms with Crippen LogP contribution in [0.5, 0.6) is 0 Å². The lowest BCUT2D eigenvalue weighted by atomic mass is 9.84. The van der Waals surface area contributed by atoms with Gasteiger partial charge in [-0.25, -0.2) is 0 Å². The molecule has 0 aromatic carbocycles. The van der Waals surface area contributed by atoms with Crippen molar-refractivity contribution in [3.05, 3.63) is 0 Å². The fraction of sp³-hybridized carbons (Fsp3) is 1.00. The average molecular weight is 297 g/mol. The zero-order chi connectivity index (χ0) is 14.6. The zero-order valence-electron chi connectivity index (χ0n) is 13.0. The lowest BCUT2D eigenvalue weighted by Crippen LogP contribution is -2.43. The predicted octanol–water partition coefficient (Wildman–Crippen LogP) is 1.35. The number of hydrogen-bond donors (Lipinski definition) is 1. The maximum atomic E-state index is 10.5. The van der Waals surface area contributed by atoms with Crippen LogP contribution < -0.4 is 0 Å². The first-order chi connectivity index (χ1) is 10.00. The van der Waals surface area contributed by atoms with Crippen LogP contribution in [0.15, 0.2) is 0 Å². The van der Waals surface area contributed by atoms with E-state index in [0.717, 1.165) is 31.5 Å². The Kier molecular flexibility index (Phi) is 3.54. The van der Waals surface area contributed by atoms with Crippen molar-refractivity contribution >= 4 is 0 Å². The van der Waals surface area contributed by atoms with Gasteiger partial charge in [-0.05, 0) is 51.4 Å². The van der Waals surface area contributed by atoms with E-state index in [0.29, 0.717) is 0 Å². The Morgan fingerprint density at radius 2 is 1.67 bits per heavy atom. The van der Waals surface area contributed by atoms with Crippen molar-refractivity contribution in [2.45, 2.75) is 69.9 Å². The second kappa shape index (κ2) is 5.17. The molecule has 1 aliphatic carbocycles. The lowest BCUT2D eigenvalue weighted by Gasteiger charge is -2.28. The van der Waals surface area contributed by atoms with Crippen LogP contribution in [0.4, 0.5) is 0 Å². The first-order valence-corrected chi connectivity index (χ1v) is 8.42. The normalized spacial score (nSPS) is 49.3. The maximum Gasteiger partial charge on any atom is 0.190 e. The summed E-state index contributed by atoms with van der Waals surface area (Å²) in [6.45, 7) is 6.84. The highest BCUT2D eigenvalue weighted by atomic mass is 16.8. The van der Waals surface area contributed by atoms with E-state index in [1.54, 1.807) is 0 Å². The number of aliphatic hydroxyl groups excluding tert-OH is 1. The van der Waals surface area contributed by atoms with Crippen LogP contribution in [0.25, 0.3) is 0 Å². The monoisotopic (exact) mass is 297 g/mol. The molecule has 0 aromatic heterocycles. The highest BCUT2D eigenvalue weighted by Crippen LogP contribution is 2.39. The molecule has 1 saturated carbocycles. The number of aliphatic hydroxyl groups is 1. The van der Waals surface area contributed by atoms with Gasteiger partial charge in [0.05, 0.1) is 0 Å². The Bertz CT molecular complexity index is 380. The second-order valence-electron chi connectivity index (χ2n) is 7.74. The van der Waals surface area contributed by atoms with Crippen LogP contribution in [-0.2, 0) is 14.2 Å². The average Bonchev–Trinajstić information content (AvgIpc) is 2.71. The number of hydrogen-bond acceptors (Lipinski definition) is 5. The van der Waals surface area contributed by atoms with Gasteiger partial charge in [0.25, 0.3) is 0 Å². The Balaban J connectivity index is 1.38. The first-order valence-electron chi connectivity index (χ1n) is 8.42. The van der Waals surface area contributed by atoms with Gasteiger partial charge in [-0.1, -0.05) is 0 Å². The molecule has 5 nitrogen and oxygen atoms in total. The number of fused-ring (bicyclic) bond motifs is 5. The van der Waals surface area contributed by atoms with Crippen molar-refractivity contribution in [3.8, 4) is 0 Å². The van der Waals surface area contributed by atoms with E-state index in [9.17, 15) is 5.11 Å². The van der Waals surface area contributed by atoms with Gasteiger partial charge in [0, 0.05) is 19.6 Å². The number of ether oxygens (including phenoxy) is 3. The van der Waals surface area contributed by atoms with Crippen molar-refractivity contribution in [2.75, 3.05) is 19.6 Å². The van der Waals surface area contributed by atoms with Crippen LogP contribution in [0.1, 0.15) is 39.5 Å². The number of nitrogens with zero attached hydrogens (tertiary/aromatic N) is 1. The third-order valence-electron chi connectivity index (χ3n) is 5.55. The summed E-state index contributed by atoms with van der Waals surface area (Å²) in [6, 6.07) is 0. The zero-order valence-corrected chi connectivity index (χ0v) is 13.0. The minimum atomic E-state index is -0.650. The molecule has 5 fully saturated rings.